The van der Waals surface area contributed by atoms with Gasteiger partial charge in [0, 0.05) is 22.7 Å². The maximum atomic E-state index is 13.4. The van der Waals surface area contributed by atoms with Gasteiger partial charge in [-0.2, -0.15) is 0 Å². The molecule has 0 radical (unpaired) electrons. The van der Waals surface area contributed by atoms with Crippen LogP contribution >= 0.6 is 15.9 Å². The number of carbonyl (C=O) groups excluding carboxylic acids is 2. The lowest BCUT2D eigenvalue weighted by Gasteiger charge is -2.24. The minimum Gasteiger partial charge on any atom is -0.369 e. The molecule has 0 saturated carbocycles. The second-order valence-electron chi connectivity index (χ2n) is 10.2. The first-order valence-electron chi connectivity index (χ1n) is 12.9. The van der Waals surface area contributed by atoms with Gasteiger partial charge in [-0.3, -0.25) is 14.6 Å². The highest BCUT2D eigenvalue weighted by atomic mass is 79.9. The van der Waals surface area contributed by atoms with Gasteiger partial charge in [-0.25, -0.2) is 13.1 Å². The van der Waals surface area contributed by atoms with Crippen LogP contribution in [0.15, 0.2) is 39.3 Å². The summed E-state index contributed by atoms with van der Waals surface area (Å²) in [6.45, 7) is 9.79. The van der Waals surface area contributed by atoms with Crippen LogP contribution in [0.2, 0.25) is 0 Å². The molecule has 1 aliphatic rings. The van der Waals surface area contributed by atoms with Crippen molar-refractivity contribution in [3.05, 3.63) is 68.1 Å². The van der Waals surface area contributed by atoms with Crippen molar-refractivity contribution in [2.24, 2.45) is 15.8 Å². The normalized spacial score (nSPS) is 15.0. The molecule has 2 aromatic rings. The summed E-state index contributed by atoms with van der Waals surface area (Å²) in [5.74, 6) is -1.02. The van der Waals surface area contributed by atoms with E-state index in [9.17, 15) is 18.0 Å². The van der Waals surface area contributed by atoms with Gasteiger partial charge >= 0.3 is 0 Å². The first-order chi connectivity index (χ1) is 19.2. The number of halogens is 1. The Morgan fingerprint density at radius 3 is 2.59 bits per heavy atom. The quantitative estimate of drug-likeness (QED) is 0.0614. The Bertz CT molecular complexity index is 1550. The second kappa shape index (κ2) is 13.0. The Balaban J connectivity index is 1.68. The number of azide groups is 1. The number of nitrogens with two attached hydrogens (primary N) is 1. The second-order valence-corrected chi connectivity index (χ2v) is 12.4. The van der Waals surface area contributed by atoms with Crippen LogP contribution in [0, 0.1) is 20.8 Å². The Labute approximate surface area is 247 Å². The number of amides is 1. The molecule has 1 unspecified atom stereocenters. The lowest BCUT2D eigenvalue weighted by molar-refractivity contribution is -0.118. The van der Waals surface area contributed by atoms with Crippen LogP contribution in [-0.2, 0) is 31.8 Å². The fourth-order valence-electron chi connectivity index (χ4n) is 5.04. The van der Waals surface area contributed by atoms with Gasteiger partial charge in [0.25, 0.3) is 15.9 Å². The molecule has 4 N–H and O–H groups in total. The number of carbonyl (C=O) groups is 2. The van der Waals surface area contributed by atoms with Crippen LogP contribution in [0.1, 0.15) is 64.9 Å². The number of aliphatic imine (C=N–C) groups is 1. The summed E-state index contributed by atoms with van der Waals surface area (Å²) in [7, 11) is -4.04. The fraction of sp³-hybridized carbons (Fsp3) is 0.444. The van der Waals surface area contributed by atoms with Crippen LogP contribution in [0.3, 0.4) is 0 Å². The Kier molecular flexibility index (Phi) is 10.2. The molecule has 1 amide bonds. The van der Waals surface area contributed by atoms with Crippen LogP contribution in [0.25, 0.3) is 10.4 Å². The highest BCUT2D eigenvalue weighted by molar-refractivity contribution is 9.09. The third-order valence-corrected chi connectivity index (χ3v) is 9.27. The van der Waals surface area contributed by atoms with Gasteiger partial charge < -0.3 is 15.8 Å². The molecule has 12 nitrogen and oxygen atoms in total. The van der Waals surface area contributed by atoms with Crippen molar-refractivity contribution in [3.8, 4) is 0 Å². The Morgan fingerprint density at radius 1 is 1.22 bits per heavy atom. The minimum absolute atomic E-state index is 0.0308. The number of hydrogen-bond donors (Lipinski definition) is 3. The molecule has 1 atom stereocenters. The van der Waals surface area contributed by atoms with E-state index in [-0.39, 0.29) is 46.2 Å². The molecule has 1 heterocycles. The molecule has 41 heavy (non-hydrogen) atoms. The van der Waals surface area contributed by atoms with Gasteiger partial charge in [0.2, 0.25) is 5.96 Å². The smallest absolute Gasteiger partial charge is 0.264 e. The number of Topliss-reactive ketones (excluding diaryl/α,β-unsaturated/α-hetero) is 1. The molecule has 0 bridgehead atoms. The van der Waals surface area contributed by atoms with E-state index in [0.717, 1.165) is 16.7 Å². The summed E-state index contributed by atoms with van der Waals surface area (Å²) in [4.78, 5) is 32.1. The molecule has 2 aromatic carbocycles. The standard InChI is InChI=1S/C27H34BrN7O5S/c1-15-16(2)24(17(3)20-14-40-27(4,5)23(15)20)41(38,39)34-26(29)31-11-7-10-21(22(36)13-28)32-25(37)18-8-6-9-19(12-18)33-35-30/h6,8-9,12,21H,7,10-11,13-14H2,1-5H3,(H,32,37)(H3,29,31,34). The summed E-state index contributed by atoms with van der Waals surface area (Å²) in [5, 5.41) is 6.20. The number of ketones is 1. The molecule has 0 fully saturated rings. The Hall–Kier alpha value is -3.45. The van der Waals surface area contributed by atoms with E-state index >= 15 is 0 Å². The van der Waals surface area contributed by atoms with E-state index in [1.54, 1.807) is 26.0 Å². The number of ether oxygens (including phenoxy) is 1. The summed E-state index contributed by atoms with van der Waals surface area (Å²) in [6.07, 6.45) is 0.584. The van der Waals surface area contributed by atoms with E-state index < -0.39 is 27.6 Å². The third-order valence-electron chi connectivity index (χ3n) is 7.09. The number of guanidine groups is 1. The number of nitrogens with zero attached hydrogens (tertiary/aromatic N) is 4. The van der Waals surface area contributed by atoms with E-state index in [4.69, 9.17) is 16.0 Å². The number of nitrogens with one attached hydrogen (secondary N) is 2. The number of rotatable bonds is 11. The van der Waals surface area contributed by atoms with Crippen molar-refractivity contribution in [1.29, 1.82) is 0 Å². The zero-order valence-corrected chi connectivity index (χ0v) is 26.0. The maximum absolute atomic E-state index is 13.4. The molecule has 0 aromatic heterocycles. The molecular weight excluding hydrogens is 614 g/mol. The van der Waals surface area contributed by atoms with Crippen molar-refractivity contribution in [2.45, 2.75) is 70.6 Å². The van der Waals surface area contributed by atoms with Crippen molar-refractivity contribution >= 4 is 49.3 Å². The molecule has 0 spiro atoms. The van der Waals surface area contributed by atoms with Crippen LogP contribution < -0.4 is 15.8 Å². The van der Waals surface area contributed by atoms with E-state index in [2.05, 4.69) is 41.0 Å². The molecular formula is C27H34BrN7O5S. The number of benzene rings is 2. The van der Waals surface area contributed by atoms with Gasteiger partial charge in [0.1, 0.15) is 0 Å². The number of sulfonamides is 1. The molecule has 1 aliphatic heterocycles. The lowest BCUT2D eigenvalue weighted by Crippen LogP contribution is -2.41. The monoisotopic (exact) mass is 647 g/mol. The SMILES string of the molecule is Cc1c(C)c(S(=O)(=O)NC(N)=NCCCC(NC(=O)c2cccc(N=[N+]=[N-])c2)C(=O)CBr)c(C)c2c1C(C)(C)OC2. The van der Waals surface area contributed by atoms with E-state index in [1.807, 2.05) is 20.8 Å². The molecule has 3 rings (SSSR count). The maximum Gasteiger partial charge on any atom is 0.264 e. The number of alkyl halides is 1. The largest absolute Gasteiger partial charge is 0.369 e. The summed E-state index contributed by atoms with van der Waals surface area (Å²) >= 11 is 3.13. The van der Waals surface area contributed by atoms with Crippen LogP contribution in [0.5, 0.6) is 0 Å². The summed E-state index contributed by atoms with van der Waals surface area (Å²) < 4.78 is 35.0. The highest BCUT2D eigenvalue weighted by Gasteiger charge is 2.37. The predicted molar refractivity (Wildman–Crippen MR) is 160 cm³/mol. The summed E-state index contributed by atoms with van der Waals surface area (Å²) in [6, 6.07) is 5.27. The van der Waals surface area contributed by atoms with Gasteiger partial charge in [-0.05, 0) is 92.9 Å². The van der Waals surface area contributed by atoms with Gasteiger partial charge in [-0.1, -0.05) is 33.2 Å². The van der Waals surface area contributed by atoms with Gasteiger partial charge in [-0.15, -0.1) is 0 Å². The van der Waals surface area contributed by atoms with E-state index in [1.165, 1.54) is 12.1 Å². The van der Waals surface area contributed by atoms with Gasteiger partial charge in [0.15, 0.2) is 5.78 Å². The zero-order valence-electron chi connectivity index (χ0n) is 23.6. The number of fused-ring (bicyclic) bond motifs is 1. The third kappa shape index (κ3) is 7.25. The van der Waals surface area contributed by atoms with E-state index in [0.29, 0.717) is 24.2 Å². The predicted octanol–water partition coefficient (Wildman–Crippen LogP) is 4.45. The van der Waals surface area contributed by atoms with Gasteiger partial charge in [0.05, 0.1) is 28.5 Å². The fourth-order valence-corrected chi connectivity index (χ4v) is 6.95. The van der Waals surface area contributed by atoms with Crippen molar-refractivity contribution in [1.82, 2.24) is 10.0 Å². The molecule has 0 saturated heterocycles. The number of hydrogen-bond acceptors (Lipinski definition) is 7. The molecule has 220 valence electrons. The van der Waals surface area contributed by atoms with Crippen molar-refractivity contribution in [2.75, 3.05) is 11.9 Å². The average molecular weight is 649 g/mol. The molecule has 14 heteroatoms. The van der Waals surface area contributed by atoms with Crippen molar-refractivity contribution < 1.29 is 22.7 Å². The lowest BCUT2D eigenvalue weighted by atomic mass is 9.87. The molecule has 0 aliphatic carbocycles. The van der Waals surface area contributed by atoms with Crippen LogP contribution in [-0.4, -0.2) is 44.0 Å². The average Bonchev–Trinajstić information content (AvgIpc) is 3.23. The topological polar surface area (TPSA) is 189 Å². The first-order valence-corrected chi connectivity index (χ1v) is 15.5. The minimum atomic E-state index is -4.04. The first kappa shape index (κ1) is 32.1. The zero-order chi connectivity index (χ0) is 30.5. The highest BCUT2D eigenvalue weighted by Crippen LogP contribution is 2.43. The van der Waals surface area contributed by atoms with Crippen molar-refractivity contribution in [3.63, 3.8) is 0 Å². The van der Waals surface area contributed by atoms with Crippen LogP contribution in [0.4, 0.5) is 5.69 Å². The summed E-state index contributed by atoms with van der Waals surface area (Å²) in [5.41, 5.74) is 18.5. The Morgan fingerprint density at radius 2 is 1.93 bits per heavy atom.